The van der Waals surface area contributed by atoms with E-state index in [2.05, 4.69) is 46.9 Å². The second kappa shape index (κ2) is 7.27. The molecule has 1 atom stereocenters. The highest BCUT2D eigenvalue weighted by atomic mass is 16.5. The van der Waals surface area contributed by atoms with Crippen molar-refractivity contribution in [2.45, 2.75) is 32.7 Å². The molecule has 2 rings (SSSR count). The Kier molecular flexibility index (Phi) is 5.39. The number of hydrogen-bond acceptors (Lipinski definition) is 3. The van der Waals surface area contributed by atoms with Gasteiger partial charge in [0.1, 0.15) is 11.6 Å². The number of imidazole rings is 1. The molecular weight excluding hydrogens is 262 g/mol. The monoisotopic (exact) mass is 287 g/mol. The lowest BCUT2D eigenvalue weighted by molar-refractivity contribution is 0.409. The van der Waals surface area contributed by atoms with Crippen molar-refractivity contribution in [3.63, 3.8) is 0 Å². The van der Waals surface area contributed by atoms with E-state index in [0.29, 0.717) is 6.04 Å². The number of methoxy groups -OCH3 is 1. The topological polar surface area (TPSA) is 39.1 Å². The number of ether oxygens (including phenoxy) is 1. The van der Waals surface area contributed by atoms with E-state index < -0.39 is 0 Å². The number of nitrogens with zero attached hydrogens (tertiary/aromatic N) is 2. The predicted octanol–water partition coefficient (Wildman–Crippen LogP) is 3.02. The van der Waals surface area contributed by atoms with Crippen LogP contribution in [0, 0.1) is 6.92 Å². The summed E-state index contributed by atoms with van der Waals surface area (Å²) < 4.78 is 7.52. The number of benzene rings is 1. The Morgan fingerprint density at radius 1 is 1.38 bits per heavy atom. The molecule has 4 heteroatoms. The second-order valence-electron chi connectivity index (χ2n) is 5.33. The summed E-state index contributed by atoms with van der Waals surface area (Å²) in [5, 5.41) is 3.56. The Balaban J connectivity index is 2.12. The molecule has 0 radical (unpaired) electrons. The van der Waals surface area contributed by atoms with E-state index in [1.165, 1.54) is 11.1 Å². The van der Waals surface area contributed by atoms with E-state index in [-0.39, 0.29) is 0 Å². The lowest BCUT2D eigenvalue weighted by atomic mass is 10.00. The molecule has 0 amide bonds. The summed E-state index contributed by atoms with van der Waals surface area (Å²) in [7, 11) is 3.77. The minimum atomic E-state index is 0.321. The minimum Gasteiger partial charge on any atom is -0.496 e. The molecule has 1 heterocycles. The third-order valence-corrected chi connectivity index (χ3v) is 3.86. The molecule has 4 nitrogen and oxygen atoms in total. The molecule has 0 saturated carbocycles. The maximum atomic E-state index is 5.44. The Bertz CT molecular complexity index is 577. The second-order valence-corrected chi connectivity index (χ2v) is 5.33. The Labute approximate surface area is 127 Å². The molecule has 0 spiro atoms. The summed E-state index contributed by atoms with van der Waals surface area (Å²) in [6.45, 7) is 5.15. The Hall–Kier alpha value is -1.81. The highest BCUT2D eigenvalue weighted by molar-refractivity contribution is 5.37. The smallest absolute Gasteiger partial charge is 0.122 e. The average molecular weight is 287 g/mol. The average Bonchev–Trinajstić information content (AvgIpc) is 2.89. The van der Waals surface area contributed by atoms with Gasteiger partial charge in [-0.25, -0.2) is 4.98 Å². The minimum absolute atomic E-state index is 0.321. The van der Waals surface area contributed by atoms with E-state index in [0.717, 1.165) is 31.0 Å². The Morgan fingerprint density at radius 3 is 2.81 bits per heavy atom. The summed E-state index contributed by atoms with van der Waals surface area (Å²) in [5.41, 5.74) is 2.44. The maximum absolute atomic E-state index is 5.44. The summed E-state index contributed by atoms with van der Waals surface area (Å²) in [5.74, 6) is 2.07. The van der Waals surface area contributed by atoms with Crippen LogP contribution in [-0.4, -0.2) is 23.2 Å². The highest BCUT2D eigenvalue weighted by Gasteiger charge is 2.13. The predicted molar refractivity (Wildman–Crippen MR) is 85.7 cm³/mol. The molecule has 21 heavy (non-hydrogen) atoms. The number of rotatable bonds is 7. The van der Waals surface area contributed by atoms with Gasteiger partial charge in [-0.15, -0.1) is 0 Å². The fourth-order valence-electron chi connectivity index (χ4n) is 2.60. The molecule has 2 aromatic rings. The zero-order chi connectivity index (χ0) is 15.2. The van der Waals surface area contributed by atoms with Gasteiger partial charge in [-0.05, 0) is 37.1 Å². The van der Waals surface area contributed by atoms with Gasteiger partial charge in [0.15, 0.2) is 0 Å². The third kappa shape index (κ3) is 3.85. The van der Waals surface area contributed by atoms with Crippen LogP contribution in [0.5, 0.6) is 5.75 Å². The van der Waals surface area contributed by atoms with Gasteiger partial charge < -0.3 is 14.6 Å². The van der Waals surface area contributed by atoms with Crippen molar-refractivity contribution in [3.8, 4) is 5.75 Å². The number of hydrogen-bond donors (Lipinski definition) is 1. The first kappa shape index (κ1) is 15.6. The molecule has 1 unspecified atom stereocenters. The highest BCUT2D eigenvalue weighted by Crippen LogP contribution is 2.25. The van der Waals surface area contributed by atoms with E-state index in [1.54, 1.807) is 7.11 Å². The van der Waals surface area contributed by atoms with Gasteiger partial charge in [0, 0.05) is 31.9 Å². The summed E-state index contributed by atoms with van der Waals surface area (Å²) in [6.07, 6.45) is 5.82. The van der Waals surface area contributed by atoms with Crippen LogP contribution in [0.1, 0.15) is 36.3 Å². The van der Waals surface area contributed by atoms with Gasteiger partial charge in [0.2, 0.25) is 0 Å². The lowest BCUT2D eigenvalue weighted by Gasteiger charge is -2.19. The summed E-state index contributed by atoms with van der Waals surface area (Å²) in [6, 6.07) is 6.77. The van der Waals surface area contributed by atoms with Crippen LogP contribution >= 0.6 is 0 Å². The first-order chi connectivity index (χ1) is 10.2. The van der Waals surface area contributed by atoms with Crippen molar-refractivity contribution in [3.05, 3.63) is 47.5 Å². The van der Waals surface area contributed by atoms with Gasteiger partial charge in [-0.1, -0.05) is 19.1 Å². The van der Waals surface area contributed by atoms with Crippen molar-refractivity contribution >= 4 is 0 Å². The summed E-state index contributed by atoms with van der Waals surface area (Å²) >= 11 is 0. The SMILES string of the molecule is CCNC(CCc1nccn1C)c1ccc(C)c(OC)c1. The zero-order valence-corrected chi connectivity index (χ0v) is 13.4. The van der Waals surface area contributed by atoms with Crippen LogP contribution in [-0.2, 0) is 13.5 Å². The van der Waals surface area contributed by atoms with Crippen LogP contribution in [0.2, 0.25) is 0 Å². The van der Waals surface area contributed by atoms with Crippen molar-refractivity contribution in [1.29, 1.82) is 0 Å². The number of nitrogens with one attached hydrogen (secondary N) is 1. The number of aromatic nitrogens is 2. The van der Waals surface area contributed by atoms with E-state index in [4.69, 9.17) is 4.74 Å². The molecule has 1 N–H and O–H groups in total. The van der Waals surface area contributed by atoms with Gasteiger partial charge in [0.05, 0.1) is 7.11 Å². The molecule has 0 fully saturated rings. The molecule has 0 aliphatic carbocycles. The van der Waals surface area contributed by atoms with Crippen LogP contribution in [0.4, 0.5) is 0 Å². The first-order valence-electron chi connectivity index (χ1n) is 7.49. The normalized spacial score (nSPS) is 12.4. The van der Waals surface area contributed by atoms with Crippen molar-refractivity contribution in [1.82, 2.24) is 14.9 Å². The van der Waals surface area contributed by atoms with Crippen molar-refractivity contribution < 1.29 is 4.74 Å². The lowest BCUT2D eigenvalue weighted by Crippen LogP contribution is -2.22. The standard InChI is InChI=1S/C17H25N3O/c1-5-18-15(8-9-17-19-10-11-20(17)3)14-7-6-13(2)16(12-14)21-4/h6-7,10-12,15,18H,5,8-9H2,1-4H3. The molecule has 0 saturated heterocycles. The van der Waals surface area contributed by atoms with Crippen molar-refractivity contribution in [2.75, 3.05) is 13.7 Å². The molecule has 1 aromatic heterocycles. The van der Waals surface area contributed by atoms with Crippen LogP contribution < -0.4 is 10.1 Å². The van der Waals surface area contributed by atoms with Gasteiger partial charge in [-0.2, -0.15) is 0 Å². The fourth-order valence-corrected chi connectivity index (χ4v) is 2.60. The van der Waals surface area contributed by atoms with Crippen LogP contribution in [0.15, 0.2) is 30.6 Å². The maximum Gasteiger partial charge on any atom is 0.122 e. The Morgan fingerprint density at radius 2 is 2.19 bits per heavy atom. The van der Waals surface area contributed by atoms with E-state index in [9.17, 15) is 0 Å². The molecule has 0 aliphatic heterocycles. The van der Waals surface area contributed by atoms with Gasteiger partial charge >= 0.3 is 0 Å². The molecular formula is C17H25N3O. The van der Waals surface area contributed by atoms with Crippen LogP contribution in [0.3, 0.4) is 0 Å². The van der Waals surface area contributed by atoms with E-state index >= 15 is 0 Å². The molecule has 1 aromatic carbocycles. The zero-order valence-electron chi connectivity index (χ0n) is 13.4. The fraction of sp³-hybridized carbons (Fsp3) is 0.471. The molecule has 114 valence electrons. The van der Waals surface area contributed by atoms with Crippen LogP contribution in [0.25, 0.3) is 0 Å². The molecule has 0 aliphatic rings. The third-order valence-electron chi connectivity index (χ3n) is 3.86. The largest absolute Gasteiger partial charge is 0.496 e. The first-order valence-corrected chi connectivity index (χ1v) is 7.49. The molecule has 0 bridgehead atoms. The van der Waals surface area contributed by atoms with Crippen molar-refractivity contribution in [2.24, 2.45) is 7.05 Å². The van der Waals surface area contributed by atoms with Gasteiger partial charge in [0.25, 0.3) is 0 Å². The summed E-state index contributed by atoms with van der Waals surface area (Å²) in [4.78, 5) is 4.40. The van der Waals surface area contributed by atoms with E-state index in [1.807, 2.05) is 19.4 Å². The number of aryl methyl sites for hydroxylation is 3. The van der Waals surface area contributed by atoms with Gasteiger partial charge in [-0.3, -0.25) is 0 Å². The quantitative estimate of drug-likeness (QED) is 0.851.